The van der Waals surface area contributed by atoms with Gasteiger partial charge in [0, 0.05) is 40.5 Å². The number of aromatic nitrogens is 2. The molecule has 11 rings (SSSR count). The fraction of sp³-hybridized carbons (Fsp3) is 0.185. The number of aryl methyl sites for hydroxylation is 3. The van der Waals surface area contributed by atoms with E-state index in [1.165, 1.54) is 66.8 Å². The van der Waals surface area contributed by atoms with Crippen LogP contribution in [0.25, 0.3) is 61.0 Å². The highest BCUT2D eigenvalue weighted by atomic mass is 16.5. The van der Waals surface area contributed by atoms with Crippen molar-refractivity contribution in [1.82, 2.24) is 9.55 Å². The van der Waals surface area contributed by atoms with Gasteiger partial charge in [-0.05, 0) is 156 Å². The Hall–Kier alpha value is -7.89. The summed E-state index contributed by atoms with van der Waals surface area (Å²) in [7, 11) is 0. The van der Waals surface area contributed by atoms with Gasteiger partial charge in [0.25, 0.3) is 0 Å². The molecule has 1 aliphatic rings. The second-order valence-electron chi connectivity index (χ2n) is 20.0. The van der Waals surface area contributed by atoms with Crippen molar-refractivity contribution in [3.05, 3.63) is 216 Å². The summed E-state index contributed by atoms with van der Waals surface area (Å²) in [5.41, 5.74) is 20.5. The molecule has 0 amide bonds. The predicted octanol–water partition coefficient (Wildman–Crippen LogP) is 17.5. The fourth-order valence-electron chi connectivity index (χ4n) is 11.1. The number of hydrogen-bond acceptors (Lipinski definition) is 4. The highest BCUT2D eigenvalue weighted by molar-refractivity contribution is 6.09. The van der Waals surface area contributed by atoms with Gasteiger partial charge in [0.1, 0.15) is 24.0 Å². The molecule has 0 fully saturated rings. The molecular formula is C65H60N4O. The van der Waals surface area contributed by atoms with Crippen molar-refractivity contribution in [2.45, 2.75) is 61.3 Å². The zero-order valence-corrected chi connectivity index (χ0v) is 41.4. The van der Waals surface area contributed by atoms with Crippen LogP contribution in [0.15, 0.2) is 188 Å². The van der Waals surface area contributed by atoms with Crippen LogP contribution in [0.5, 0.6) is 11.5 Å². The smallest absolute Gasteiger partial charge is 0.138 e. The van der Waals surface area contributed by atoms with Crippen LogP contribution in [-0.4, -0.2) is 16.2 Å². The first-order valence-corrected chi connectivity index (χ1v) is 24.9. The third-order valence-corrected chi connectivity index (χ3v) is 13.8. The standard InChI is InChI=1S/C65H60N4O/c1-42(2)32-48-20-17-21-49(33-43(3)4)64(48)50-30-31-66-63(38-50)69-59-25-14-13-24-57(59)58-29-28-53(40-62(58)69)70-54-37-51(56-23-12-11-22-55(56)47-18-9-8-10-19-47)36-52(39-54)67-41-68(61-27-16-15-26-60(61)67)65-45(6)34-44(5)35-46(65)7/h8-31,34-40,42-43H,32-33,41H2,1-7H3. The summed E-state index contributed by atoms with van der Waals surface area (Å²) in [4.78, 5) is 10.0. The molecule has 2 aromatic heterocycles. The molecule has 0 radical (unpaired) electrons. The first kappa shape index (κ1) is 44.6. The van der Waals surface area contributed by atoms with E-state index in [0.29, 0.717) is 18.5 Å². The number of para-hydroxylation sites is 3. The molecule has 70 heavy (non-hydrogen) atoms. The zero-order chi connectivity index (χ0) is 48.0. The number of nitrogens with zero attached hydrogens (tertiary/aromatic N) is 4. The van der Waals surface area contributed by atoms with E-state index in [9.17, 15) is 0 Å². The van der Waals surface area contributed by atoms with Gasteiger partial charge in [-0.15, -0.1) is 0 Å². The highest BCUT2D eigenvalue weighted by Crippen LogP contribution is 2.48. The number of fused-ring (bicyclic) bond motifs is 4. The molecule has 0 saturated carbocycles. The van der Waals surface area contributed by atoms with Crippen molar-refractivity contribution in [2.24, 2.45) is 11.8 Å². The first-order valence-electron chi connectivity index (χ1n) is 24.9. The topological polar surface area (TPSA) is 33.5 Å². The predicted molar refractivity (Wildman–Crippen MR) is 295 cm³/mol. The Bertz CT molecular complexity index is 3510. The monoisotopic (exact) mass is 912 g/mol. The van der Waals surface area contributed by atoms with Gasteiger partial charge in [-0.2, -0.15) is 0 Å². The fourth-order valence-corrected chi connectivity index (χ4v) is 11.1. The first-order chi connectivity index (χ1) is 34.1. The van der Waals surface area contributed by atoms with E-state index in [1.54, 1.807) is 0 Å². The van der Waals surface area contributed by atoms with E-state index >= 15 is 0 Å². The van der Waals surface area contributed by atoms with Gasteiger partial charge in [0.15, 0.2) is 0 Å². The molecule has 0 aliphatic carbocycles. The van der Waals surface area contributed by atoms with E-state index in [4.69, 9.17) is 9.72 Å². The zero-order valence-electron chi connectivity index (χ0n) is 41.4. The van der Waals surface area contributed by atoms with Crippen molar-refractivity contribution >= 4 is 44.6 Å². The molecule has 8 aromatic carbocycles. The third-order valence-electron chi connectivity index (χ3n) is 13.8. The summed E-state index contributed by atoms with van der Waals surface area (Å²) in [6.45, 7) is 16.5. The van der Waals surface area contributed by atoms with Crippen LogP contribution >= 0.6 is 0 Å². The number of pyridine rings is 1. The molecule has 0 saturated heterocycles. The molecule has 346 valence electrons. The van der Waals surface area contributed by atoms with Gasteiger partial charge in [-0.3, -0.25) is 4.57 Å². The Morgan fingerprint density at radius 3 is 1.84 bits per heavy atom. The third kappa shape index (κ3) is 8.40. The van der Waals surface area contributed by atoms with Crippen LogP contribution in [0, 0.1) is 32.6 Å². The van der Waals surface area contributed by atoms with Gasteiger partial charge < -0.3 is 14.5 Å². The van der Waals surface area contributed by atoms with Crippen LogP contribution < -0.4 is 14.5 Å². The number of hydrogen-bond donors (Lipinski definition) is 0. The Balaban J connectivity index is 1.05. The molecule has 3 heterocycles. The second-order valence-corrected chi connectivity index (χ2v) is 20.0. The molecule has 10 aromatic rings. The van der Waals surface area contributed by atoms with Crippen LogP contribution in [-0.2, 0) is 12.8 Å². The van der Waals surface area contributed by atoms with Gasteiger partial charge in [-0.1, -0.05) is 149 Å². The molecule has 0 spiro atoms. The van der Waals surface area contributed by atoms with Crippen molar-refractivity contribution in [2.75, 3.05) is 16.5 Å². The van der Waals surface area contributed by atoms with Crippen molar-refractivity contribution in [1.29, 1.82) is 0 Å². The van der Waals surface area contributed by atoms with Crippen molar-refractivity contribution in [3.63, 3.8) is 0 Å². The van der Waals surface area contributed by atoms with Crippen LogP contribution in [0.3, 0.4) is 0 Å². The molecule has 5 nitrogen and oxygen atoms in total. The molecule has 1 aliphatic heterocycles. The number of ether oxygens (including phenoxy) is 1. The van der Waals surface area contributed by atoms with Gasteiger partial charge in [0.2, 0.25) is 0 Å². The molecule has 0 unspecified atom stereocenters. The molecule has 0 bridgehead atoms. The van der Waals surface area contributed by atoms with Crippen LogP contribution in [0.4, 0.5) is 22.7 Å². The van der Waals surface area contributed by atoms with Crippen LogP contribution in [0.1, 0.15) is 55.5 Å². The SMILES string of the molecule is Cc1cc(C)c(N2CN(c3cc(Oc4ccc5c6ccccc6n(-c6cc(-c7c(CC(C)C)cccc7CC(C)C)ccn6)c5c4)cc(-c4ccccc4-c4ccccc4)c3)c3ccccc32)c(C)c1. The van der Waals surface area contributed by atoms with Crippen LogP contribution in [0.2, 0.25) is 0 Å². The summed E-state index contributed by atoms with van der Waals surface area (Å²) in [5.74, 6) is 3.47. The van der Waals surface area contributed by atoms with E-state index in [2.05, 4.69) is 245 Å². The van der Waals surface area contributed by atoms with Gasteiger partial charge >= 0.3 is 0 Å². The maximum Gasteiger partial charge on any atom is 0.138 e. The average molecular weight is 913 g/mol. The Kier molecular flexibility index (Phi) is 11.8. The lowest BCUT2D eigenvalue weighted by Crippen LogP contribution is -2.25. The highest BCUT2D eigenvalue weighted by Gasteiger charge is 2.30. The molecule has 0 atom stereocenters. The lowest BCUT2D eigenvalue weighted by molar-refractivity contribution is 0.483. The maximum absolute atomic E-state index is 7.16. The van der Waals surface area contributed by atoms with Crippen molar-refractivity contribution < 1.29 is 4.74 Å². The maximum atomic E-state index is 7.16. The summed E-state index contributed by atoms with van der Waals surface area (Å²) >= 11 is 0. The van der Waals surface area contributed by atoms with E-state index in [1.807, 2.05) is 6.20 Å². The Morgan fingerprint density at radius 1 is 0.500 bits per heavy atom. The minimum Gasteiger partial charge on any atom is -0.457 e. The van der Waals surface area contributed by atoms with Gasteiger partial charge in [-0.25, -0.2) is 4.98 Å². The molecule has 0 N–H and O–H groups in total. The quantitative estimate of drug-likeness (QED) is 0.122. The minimum absolute atomic E-state index is 0.536. The lowest BCUT2D eigenvalue weighted by atomic mass is 9.87. The van der Waals surface area contributed by atoms with E-state index in [0.717, 1.165) is 69.1 Å². The Labute approximate surface area is 413 Å². The normalized spacial score (nSPS) is 12.5. The number of rotatable bonds is 12. The summed E-state index contributed by atoms with van der Waals surface area (Å²) < 4.78 is 9.47. The number of anilines is 4. The van der Waals surface area contributed by atoms with E-state index < -0.39 is 0 Å². The molecule has 5 heteroatoms. The van der Waals surface area contributed by atoms with Gasteiger partial charge in [0.05, 0.1) is 22.4 Å². The molecular weight excluding hydrogens is 853 g/mol. The summed E-state index contributed by atoms with van der Waals surface area (Å²) in [6.07, 6.45) is 4.02. The summed E-state index contributed by atoms with van der Waals surface area (Å²) in [5, 5.41) is 2.33. The summed E-state index contributed by atoms with van der Waals surface area (Å²) in [6, 6.07) is 66.0. The Morgan fingerprint density at radius 2 is 1.13 bits per heavy atom. The average Bonchev–Trinajstić information content (AvgIpc) is 3.89. The second kappa shape index (κ2) is 18.5. The van der Waals surface area contributed by atoms with Crippen molar-refractivity contribution in [3.8, 4) is 50.7 Å². The largest absolute Gasteiger partial charge is 0.457 e. The number of benzene rings is 8. The van der Waals surface area contributed by atoms with E-state index in [-0.39, 0.29) is 0 Å². The lowest BCUT2D eigenvalue weighted by Gasteiger charge is -2.26. The minimum atomic E-state index is 0.536.